The van der Waals surface area contributed by atoms with Gasteiger partial charge in [-0.05, 0) is 6.08 Å². The van der Waals surface area contributed by atoms with Gasteiger partial charge in [-0.15, -0.1) is 5.06 Å². The van der Waals surface area contributed by atoms with Crippen molar-refractivity contribution in [2.45, 2.75) is 18.9 Å². The Morgan fingerprint density at radius 3 is 2.39 bits per heavy atom. The van der Waals surface area contributed by atoms with E-state index in [4.69, 9.17) is 0 Å². The quantitative estimate of drug-likeness (QED) is 0.459. The topological polar surface area (TPSA) is 110 Å². The van der Waals surface area contributed by atoms with Crippen molar-refractivity contribution < 1.29 is 28.8 Å². The molecular weight excluding hydrogens is 244 g/mol. The molecule has 2 heterocycles. The summed E-state index contributed by atoms with van der Waals surface area (Å²) in [4.78, 5) is 60.8. The Bertz CT molecular complexity index is 479. The highest BCUT2D eigenvalue weighted by Crippen LogP contribution is 2.13. The van der Waals surface area contributed by atoms with E-state index >= 15 is 0 Å². The Balaban J connectivity index is 2.06. The number of nitrogens with zero attached hydrogens (tertiary/aromatic N) is 1. The van der Waals surface area contributed by atoms with Crippen LogP contribution in [0.1, 0.15) is 12.8 Å². The van der Waals surface area contributed by atoms with Crippen LogP contribution in [0.2, 0.25) is 0 Å². The first-order chi connectivity index (χ1) is 8.49. The number of imide groups is 1. The summed E-state index contributed by atoms with van der Waals surface area (Å²) in [6.07, 6.45) is 1.81. The monoisotopic (exact) mass is 252 g/mol. The normalized spacial score (nSPS) is 23.3. The first-order valence-corrected chi connectivity index (χ1v) is 5.09. The van der Waals surface area contributed by atoms with Crippen LogP contribution in [-0.2, 0) is 28.8 Å². The first-order valence-electron chi connectivity index (χ1n) is 5.09. The molecule has 0 aromatic heterocycles. The van der Waals surface area contributed by atoms with Crippen molar-refractivity contribution in [1.29, 1.82) is 0 Å². The lowest BCUT2D eigenvalue weighted by Gasteiger charge is -2.19. The third-order valence-corrected chi connectivity index (χ3v) is 2.39. The fourth-order valence-corrected chi connectivity index (χ4v) is 1.49. The Morgan fingerprint density at radius 2 is 1.78 bits per heavy atom. The number of amides is 3. The van der Waals surface area contributed by atoms with Crippen molar-refractivity contribution in [2.24, 2.45) is 0 Å². The number of hydrogen-bond donors (Lipinski definition) is 1. The van der Waals surface area contributed by atoms with E-state index in [2.05, 4.69) is 10.2 Å². The highest BCUT2D eigenvalue weighted by atomic mass is 16.7. The van der Waals surface area contributed by atoms with Crippen LogP contribution < -0.4 is 5.32 Å². The van der Waals surface area contributed by atoms with Gasteiger partial charge in [0.15, 0.2) is 11.8 Å². The second-order valence-corrected chi connectivity index (χ2v) is 3.67. The summed E-state index contributed by atoms with van der Waals surface area (Å²) in [5, 5.41) is 2.39. The second kappa shape index (κ2) is 4.40. The minimum Gasteiger partial charge on any atom is -0.333 e. The molecule has 0 aromatic rings. The van der Waals surface area contributed by atoms with Gasteiger partial charge >= 0.3 is 5.97 Å². The van der Waals surface area contributed by atoms with Gasteiger partial charge in [0, 0.05) is 18.9 Å². The van der Waals surface area contributed by atoms with E-state index in [1.54, 1.807) is 0 Å². The lowest BCUT2D eigenvalue weighted by molar-refractivity contribution is -0.199. The summed E-state index contributed by atoms with van der Waals surface area (Å²) >= 11 is 0. The van der Waals surface area contributed by atoms with E-state index in [1.165, 1.54) is 0 Å². The highest BCUT2D eigenvalue weighted by Gasteiger charge is 2.37. The van der Waals surface area contributed by atoms with Crippen LogP contribution in [-0.4, -0.2) is 40.6 Å². The number of hydroxylamine groups is 2. The molecule has 0 bridgehead atoms. The zero-order chi connectivity index (χ0) is 13.3. The number of rotatable bonds is 2. The molecule has 18 heavy (non-hydrogen) atoms. The van der Waals surface area contributed by atoms with Gasteiger partial charge in [-0.2, -0.15) is 0 Å². The van der Waals surface area contributed by atoms with Crippen LogP contribution in [0, 0.1) is 0 Å². The Labute approximate surface area is 101 Å². The van der Waals surface area contributed by atoms with Crippen molar-refractivity contribution in [3.8, 4) is 0 Å². The molecular formula is C10H8N2O6. The van der Waals surface area contributed by atoms with E-state index in [-0.39, 0.29) is 12.8 Å². The maximum absolute atomic E-state index is 11.6. The van der Waals surface area contributed by atoms with E-state index in [0.717, 1.165) is 12.2 Å². The standard InChI is InChI=1S/C10H8N2O6/c13-5-1-2-6(14)11-9(5)10(17)18-12-7(15)3-4-8(12)16/h1-2,9H,3-4H2,(H,11,14). The van der Waals surface area contributed by atoms with E-state index < -0.39 is 35.5 Å². The van der Waals surface area contributed by atoms with Crippen LogP contribution in [0.3, 0.4) is 0 Å². The molecule has 0 radical (unpaired) electrons. The number of ketones is 1. The SMILES string of the molecule is O=C1C=CC(=O)C(C(=O)ON2C(=O)CCC2=O)N1. The number of nitrogens with one attached hydrogen (secondary N) is 1. The highest BCUT2D eigenvalue weighted by molar-refractivity contribution is 6.16. The summed E-state index contributed by atoms with van der Waals surface area (Å²) in [6.45, 7) is 0. The first kappa shape index (κ1) is 12.0. The van der Waals surface area contributed by atoms with Crippen molar-refractivity contribution in [2.75, 3.05) is 0 Å². The maximum Gasteiger partial charge on any atom is 0.363 e. The molecule has 0 aromatic carbocycles. The van der Waals surface area contributed by atoms with Gasteiger partial charge in [-0.25, -0.2) is 4.79 Å². The van der Waals surface area contributed by atoms with Crippen LogP contribution >= 0.6 is 0 Å². The zero-order valence-corrected chi connectivity index (χ0v) is 9.04. The molecule has 8 heteroatoms. The molecule has 8 nitrogen and oxygen atoms in total. The largest absolute Gasteiger partial charge is 0.363 e. The molecule has 1 fully saturated rings. The zero-order valence-electron chi connectivity index (χ0n) is 9.04. The number of carbonyl (C=O) groups excluding carboxylic acids is 5. The van der Waals surface area contributed by atoms with Crippen LogP contribution in [0.5, 0.6) is 0 Å². The molecule has 1 N–H and O–H groups in total. The average molecular weight is 252 g/mol. The lowest BCUT2D eigenvalue weighted by atomic mass is 10.1. The van der Waals surface area contributed by atoms with Gasteiger partial charge < -0.3 is 10.2 Å². The van der Waals surface area contributed by atoms with Gasteiger partial charge in [0.2, 0.25) is 5.91 Å². The summed E-state index contributed by atoms with van der Waals surface area (Å²) in [6, 6.07) is -1.52. The molecule has 1 atom stereocenters. The Morgan fingerprint density at radius 1 is 1.17 bits per heavy atom. The molecule has 0 spiro atoms. The van der Waals surface area contributed by atoms with Gasteiger partial charge in [0.25, 0.3) is 11.8 Å². The number of hydrogen-bond acceptors (Lipinski definition) is 6. The van der Waals surface area contributed by atoms with Crippen molar-refractivity contribution in [3.63, 3.8) is 0 Å². The third-order valence-electron chi connectivity index (χ3n) is 2.39. The summed E-state index contributed by atoms with van der Waals surface area (Å²) < 4.78 is 0. The van der Waals surface area contributed by atoms with Crippen LogP contribution in [0.15, 0.2) is 12.2 Å². The maximum atomic E-state index is 11.6. The molecule has 1 saturated heterocycles. The van der Waals surface area contributed by atoms with Gasteiger partial charge in [0.1, 0.15) is 0 Å². The Kier molecular flexibility index (Phi) is 2.92. The van der Waals surface area contributed by atoms with Crippen LogP contribution in [0.25, 0.3) is 0 Å². The van der Waals surface area contributed by atoms with Crippen molar-refractivity contribution >= 4 is 29.5 Å². The fourth-order valence-electron chi connectivity index (χ4n) is 1.49. The van der Waals surface area contributed by atoms with Gasteiger partial charge in [-0.3, -0.25) is 19.2 Å². The molecule has 1 unspecified atom stereocenters. The van der Waals surface area contributed by atoms with Gasteiger partial charge in [-0.1, -0.05) is 0 Å². The molecule has 0 aliphatic carbocycles. The Hall–Kier alpha value is -2.51. The number of carbonyl (C=O) groups is 5. The second-order valence-electron chi connectivity index (χ2n) is 3.67. The molecule has 2 aliphatic heterocycles. The summed E-state index contributed by atoms with van der Waals surface area (Å²) in [5.41, 5.74) is 0. The van der Waals surface area contributed by atoms with E-state index in [0.29, 0.717) is 5.06 Å². The van der Waals surface area contributed by atoms with E-state index in [1.807, 2.05) is 0 Å². The minimum atomic E-state index is -1.52. The van der Waals surface area contributed by atoms with Gasteiger partial charge in [0.05, 0.1) is 0 Å². The summed E-state index contributed by atoms with van der Waals surface area (Å²) in [7, 11) is 0. The van der Waals surface area contributed by atoms with Crippen molar-refractivity contribution in [1.82, 2.24) is 10.4 Å². The molecule has 2 rings (SSSR count). The molecule has 94 valence electrons. The van der Waals surface area contributed by atoms with Crippen molar-refractivity contribution in [3.05, 3.63) is 12.2 Å². The van der Waals surface area contributed by atoms with E-state index in [9.17, 15) is 24.0 Å². The predicted molar refractivity (Wildman–Crippen MR) is 53.3 cm³/mol. The summed E-state index contributed by atoms with van der Waals surface area (Å²) in [5.74, 6) is -3.78. The average Bonchev–Trinajstić information content (AvgIpc) is 2.64. The fraction of sp³-hybridized carbons (Fsp3) is 0.300. The molecule has 3 amide bonds. The smallest absolute Gasteiger partial charge is 0.333 e. The third kappa shape index (κ3) is 2.12. The predicted octanol–water partition coefficient (Wildman–Crippen LogP) is -1.78. The molecule has 2 aliphatic rings. The molecule has 0 saturated carbocycles. The lowest BCUT2D eigenvalue weighted by Crippen LogP contribution is -2.50. The minimum absolute atomic E-state index is 0.0447. The van der Waals surface area contributed by atoms with Crippen LogP contribution in [0.4, 0.5) is 0 Å².